The second-order valence-corrected chi connectivity index (χ2v) is 4.38. The van der Waals surface area contributed by atoms with Gasteiger partial charge in [0.2, 0.25) is 0 Å². The van der Waals surface area contributed by atoms with Gasteiger partial charge in [-0.1, -0.05) is 6.07 Å². The van der Waals surface area contributed by atoms with Gasteiger partial charge < -0.3 is 14.4 Å². The van der Waals surface area contributed by atoms with Crippen LogP contribution in [0.2, 0.25) is 0 Å². The third-order valence-electron chi connectivity index (χ3n) is 3.00. The fraction of sp³-hybridized carbons (Fsp3) is 0.467. The van der Waals surface area contributed by atoms with Gasteiger partial charge >= 0.3 is 0 Å². The molecule has 0 saturated carbocycles. The minimum Gasteiger partial charge on any atom is -0.496 e. The van der Waals surface area contributed by atoms with E-state index in [2.05, 4.69) is 6.07 Å². The fourth-order valence-electron chi connectivity index (χ4n) is 1.84. The molecule has 0 aliphatic rings. The van der Waals surface area contributed by atoms with Gasteiger partial charge in [-0.25, -0.2) is 0 Å². The van der Waals surface area contributed by atoms with Crippen LogP contribution in [0, 0.1) is 18.3 Å². The summed E-state index contributed by atoms with van der Waals surface area (Å²) in [6.07, 6.45) is 0.304. The molecule has 0 radical (unpaired) electrons. The lowest BCUT2D eigenvalue weighted by atomic mass is 10.1. The molecule has 1 amide bonds. The van der Waals surface area contributed by atoms with Gasteiger partial charge in [-0.3, -0.25) is 4.79 Å². The topological polar surface area (TPSA) is 62.6 Å². The Morgan fingerprint density at radius 1 is 1.35 bits per heavy atom. The van der Waals surface area contributed by atoms with Gasteiger partial charge in [0.25, 0.3) is 5.91 Å². The normalized spacial score (nSPS) is 9.90. The van der Waals surface area contributed by atoms with E-state index in [-0.39, 0.29) is 5.91 Å². The maximum absolute atomic E-state index is 12.4. The Bertz CT molecular complexity index is 494. The van der Waals surface area contributed by atoms with E-state index >= 15 is 0 Å². The third kappa shape index (κ3) is 4.25. The first-order valence-electron chi connectivity index (χ1n) is 6.43. The number of nitriles is 1. The molecule has 1 aromatic carbocycles. The van der Waals surface area contributed by atoms with Crippen LogP contribution in [0.4, 0.5) is 0 Å². The highest BCUT2D eigenvalue weighted by Crippen LogP contribution is 2.20. The molecule has 0 aromatic heterocycles. The molecule has 0 spiro atoms. The van der Waals surface area contributed by atoms with Crippen LogP contribution in [0.25, 0.3) is 0 Å². The van der Waals surface area contributed by atoms with Gasteiger partial charge in [0.15, 0.2) is 0 Å². The number of amides is 1. The van der Waals surface area contributed by atoms with Crippen LogP contribution in [0.15, 0.2) is 18.2 Å². The van der Waals surface area contributed by atoms with Gasteiger partial charge in [-0.05, 0) is 24.6 Å². The molecule has 0 bridgehead atoms. The summed E-state index contributed by atoms with van der Waals surface area (Å²) in [5.74, 6) is 0.568. The van der Waals surface area contributed by atoms with Crippen LogP contribution in [-0.2, 0) is 4.74 Å². The molecule has 20 heavy (non-hydrogen) atoms. The van der Waals surface area contributed by atoms with Crippen molar-refractivity contribution in [3.8, 4) is 11.8 Å². The first kappa shape index (κ1) is 16.0. The quantitative estimate of drug-likeness (QED) is 0.764. The Kier molecular flexibility index (Phi) is 6.54. The summed E-state index contributed by atoms with van der Waals surface area (Å²) in [4.78, 5) is 14.1. The highest BCUT2D eigenvalue weighted by Gasteiger charge is 2.16. The second-order valence-electron chi connectivity index (χ2n) is 4.38. The van der Waals surface area contributed by atoms with Gasteiger partial charge in [-0.15, -0.1) is 0 Å². The van der Waals surface area contributed by atoms with E-state index in [4.69, 9.17) is 14.7 Å². The zero-order valence-electron chi connectivity index (χ0n) is 12.2. The number of carbonyl (C=O) groups excluding carboxylic acids is 1. The predicted octanol–water partition coefficient (Wildman–Crippen LogP) is 2.01. The molecular formula is C15H20N2O3. The van der Waals surface area contributed by atoms with Crippen molar-refractivity contribution in [3.05, 3.63) is 29.3 Å². The third-order valence-corrected chi connectivity index (χ3v) is 3.00. The highest BCUT2D eigenvalue weighted by atomic mass is 16.5. The SMILES string of the molecule is COCCN(CCC#N)C(=O)c1ccc(C)c(OC)c1. The fourth-order valence-corrected chi connectivity index (χ4v) is 1.84. The largest absolute Gasteiger partial charge is 0.496 e. The maximum atomic E-state index is 12.4. The number of carbonyl (C=O) groups is 1. The molecule has 0 aliphatic carbocycles. The van der Waals surface area contributed by atoms with Gasteiger partial charge in [0, 0.05) is 25.8 Å². The lowest BCUT2D eigenvalue weighted by Crippen LogP contribution is -2.34. The standard InChI is InChI=1S/C15H20N2O3/c1-12-5-6-13(11-14(12)20-3)15(18)17(8-4-7-16)9-10-19-2/h5-6,11H,4,8-10H2,1-3H3. The molecule has 0 heterocycles. The average Bonchev–Trinajstić information content (AvgIpc) is 2.47. The van der Waals surface area contributed by atoms with Crippen molar-refractivity contribution in [1.29, 1.82) is 5.26 Å². The zero-order chi connectivity index (χ0) is 15.0. The Labute approximate surface area is 119 Å². The lowest BCUT2D eigenvalue weighted by molar-refractivity contribution is 0.0699. The molecule has 108 valence electrons. The second kappa shape index (κ2) is 8.18. The van der Waals surface area contributed by atoms with Crippen molar-refractivity contribution in [1.82, 2.24) is 4.90 Å². The van der Waals surface area contributed by atoms with Gasteiger partial charge in [-0.2, -0.15) is 5.26 Å². The molecule has 0 saturated heterocycles. The summed E-state index contributed by atoms with van der Waals surface area (Å²) in [5.41, 5.74) is 1.53. The first-order chi connectivity index (χ1) is 9.63. The van der Waals surface area contributed by atoms with Crippen molar-refractivity contribution in [2.75, 3.05) is 33.9 Å². The number of rotatable bonds is 7. The number of methoxy groups -OCH3 is 2. The lowest BCUT2D eigenvalue weighted by Gasteiger charge is -2.21. The molecule has 0 N–H and O–H groups in total. The molecule has 0 atom stereocenters. The van der Waals surface area contributed by atoms with Crippen LogP contribution >= 0.6 is 0 Å². The monoisotopic (exact) mass is 276 g/mol. The molecule has 0 aliphatic heterocycles. The number of hydrogen-bond acceptors (Lipinski definition) is 4. The summed E-state index contributed by atoms with van der Waals surface area (Å²) in [5, 5.41) is 8.67. The minimum atomic E-state index is -0.115. The summed E-state index contributed by atoms with van der Waals surface area (Å²) in [7, 11) is 3.16. The van der Waals surface area contributed by atoms with E-state index in [1.54, 1.807) is 31.3 Å². The number of ether oxygens (including phenoxy) is 2. The number of nitrogens with zero attached hydrogens (tertiary/aromatic N) is 2. The molecule has 5 heteroatoms. The van der Waals surface area contributed by atoms with Gasteiger partial charge in [0.05, 0.1) is 26.2 Å². The van der Waals surface area contributed by atoms with Crippen LogP contribution in [-0.4, -0.2) is 44.7 Å². The van der Waals surface area contributed by atoms with Crippen LogP contribution < -0.4 is 4.74 Å². The van der Waals surface area contributed by atoms with Crippen molar-refractivity contribution < 1.29 is 14.3 Å². The average molecular weight is 276 g/mol. The molecule has 1 rings (SSSR count). The first-order valence-corrected chi connectivity index (χ1v) is 6.43. The molecular weight excluding hydrogens is 256 g/mol. The molecule has 0 unspecified atom stereocenters. The van der Waals surface area contributed by atoms with Gasteiger partial charge in [0.1, 0.15) is 5.75 Å². The van der Waals surface area contributed by atoms with Crippen molar-refractivity contribution in [2.24, 2.45) is 0 Å². The zero-order valence-corrected chi connectivity index (χ0v) is 12.2. The van der Waals surface area contributed by atoms with E-state index in [0.717, 1.165) is 5.56 Å². The summed E-state index contributed by atoms with van der Waals surface area (Å²) in [6.45, 7) is 3.23. The maximum Gasteiger partial charge on any atom is 0.254 e. The summed E-state index contributed by atoms with van der Waals surface area (Å²) in [6, 6.07) is 7.40. The summed E-state index contributed by atoms with van der Waals surface area (Å²) >= 11 is 0. The molecule has 1 aromatic rings. The van der Waals surface area contributed by atoms with E-state index in [1.165, 1.54) is 0 Å². The van der Waals surface area contributed by atoms with E-state index in [0.29, 0.717) is 37.4 Å². The smallest absolute Gasteiger partial charge is 0.254 e. The van der Waals surface area contributed by atoms with E-state index in [9.17, 15) is 4.79 Å². The Hall–Kier alpha value is -2.06. The predicted molar refractivity (Wildman–Crippen MR) is 75.7 cm³/mol. The Morgan fingerprint density at radius 3 is 2.70 bits per heavy atom. The molecule has 5 nitrogen and oxygen atoms in total. The summed E-state index contributed by atoms with van der Waals surface area (Å²) < 4.78 is 10.2. The minimum absolute atomic E-state index is 0.115. The molecule has 0 fully saturated rings. The van der Waals surface area contributed by atoms with Crippen LogP contribution in [0.3, 0.4) is 0 Å². The van der Waals surface area contributed by atoms with Crippen LogP contribution in [0.1, 0.15) is 22.3 Å². The number of hydrogen-bond donors (Lipinski definition) is 0. The number of aryl methyl sites for hydroxylation is 1. The van der Waals surface area contributed by atoms with Crippen molar-refractivity contribution >= 4 is 5.91 Å². The highest BCUT2D eigenvalue weighted by molar-refractivity contribution is 5.94. The van der Waals surface area contributed by atoms with Crippen LogP contribution in [0.5, 0.6) is 5.75 Å². The Morgan fingerprint density at radius 2 is 2.10 bits per heavy atom. The van der Waals surface area contributed by atoms with E-state index < -0.39 is 0 Å². The van der Waals surface area contributed by atoms with Crippen molar-refractivity contribution in [3.63, 3.8) is 0 Å². The van der Waals surface area contributed by atoms with E-state index in [1.807, 2.05) is 13.0 Å². The Balaban J connectivity index is 2.90. The number of benzene rings is 1. The van der Waals surface area contributed by atoms with Crippen molar-refractivity contribution in [2.45, 2.75) is 13.3 Å².